The molecule has 0 radical (unpaired) electrons. The lowest BCUT2D eigenvalue weighted by atomic mass is 9.89. The molecule has 4 nitrogen and oxygen atoms in total. The Hall–Kier alpha value is -2.33. The number of nitrogens with zero attached hydrogens (tertiary/aromatic N) is 2. The van der Waals surface area contributed by atoms with Gasteiger partial charge in [-0.2, -0.15) is 0 Å². The van der Waals surface area contributed by atoms with Gasteiger partial charge in [-0.15, -0.1) is 0 Å². The van der Waals surface area contributed by atoms with Crippen LogP contribution in [0, 0.1) is 5.92 Å². The van der Waals surface area contributed by atoms with Crippen molar-refractivity contribution in [3.05, 3.63) is 59.3 Å². The van der Waals surface area contributed by atoms with Gasteiger partial charge in [0.2, 0.25) is 0 Å². The van der Waals surface area contributed by atoms with Gasteiger partial charge in [0.05, 0.1) is 19.4 Å². The van der Waals surface area contributed by atoms with Crippen molar-refractivity contribution in [2.24, 2.45) is 5.92 Å². The van der Waals surface area contributed by atoms with Gasteiger partial charge in [0.25, 0.3) is 0 Å². The molecule has 1 aliphatic carbocycles. The lowest BCUT2D eigenvalue weighted by Crippen LogP contribution is -2.31. The summed E-state index contributed by atoms with van der Waals surface area (Å²) in [6, 6.07) is 8.74. The Morgan fingerprint density at radius 3 is 2.92 bits per heavy atom. The van der Waals surface area contributed by atoms with Crippen molar-refractivity contribution in [2.45, 2.75) is 25.9 Å². The van der Waals surface area contributed by atoms with Crippen LogP contribution in [0.25, 0.3) is 10.9 Å². The van der Waals surface area contributed by atoms with Crippen LogP contribution in [-0.4, -0.2) is 36.1 Å². The van der Waals surface area contributed by atoms with Gasteiger partial charge in [-0.25, -0.2) is 4.79 Å². The summed E-state index contributed by atoms with van der Waals surface area (Å²) in [6.45, 7) is 2.07. The molecule has 2 aliphatic rings. The van der Waals surface area contributed by atoms with Gasteiger partial charge in [-0.1, -0.05) is 36.4 Å². The summed E-state index contributed by atoms with van der Waals surface area (Å²) in [5.41, 5.74) is 4.97. The first-order valence-electron chi connectivity index (χ1n) is 8.91. The molecule has 0 spiro atoms. The monoisotopic (exact) mass is 336 g/mol. The van der Waals surface area contributed by atoms with Crippen LogP contribution in [0.2, 0.25) is 0 Å². The van der Waals surface area contributed by atoms with Crippen molar-refractivity contribution in [3.63, 3.8) is 0 Å². The van der Waals surface area contributed by atoms with Gasteiger partial charge >= 0.3 is 5.97 Å². The second-order valence-electron chi connectivity index (χ2n) is 7.05. The zero-order valence-corrected chi connectivity index (χ0v) is 14.9. The number of benzene rings is 1. The molecule has 2 heterocycles. The first kappa shape index (κ1) is 16.2. The molecule has 0 saturated carbocycles. The van der Waals surface area contributed by atoms with Crippen LogP contribution in [0.3, 0.4) is 0 Å². The number of aromatic nitrogens is 1. The van der Waals surface area contributed by atoms with Crippen LogP contribution in [0.15, 0.2) is 48.1 Å². The Bertz CT molecular complexity index is 875. The minimum atomic E-state index is -0.246. The van der Waals surface area contributed by atoms with Crippen LogP contribution in [0.5, 0.6) is 0 Å². The van der Waals surface area contributed by atoms with Crippen LogP contribution in [0.4, 0.5) is 0 Å². The van der Waals surface area contributed by atoms with E-state index in [1.54, 1.807) is 0 Å². The molecule has 1 atom stereocenters. The fourth-order valence-electron chi connectivity index (χ4n) is 4.06. The van der Waals surface area contributed by atoms with E-state index < -0.39 is 0 Å². The van der Waals surface area contributed by atoms with Gasteiger partial charge in [-0.05, 0) is 37.4 Å². The number of para-hydroxylation sites is 1. The number of esters is 1. The second kappa shape index (κ2) is 6.52. The number of carbonyl (C=O) groups is 1. The maximum Gasteiger partial charge on any atom is 0.337 e. The average Bonchev–Trinajstić information content (AvgIpc) is 2.95. The van der Waals surface area contributed by atoms with E-state index in [4.69, 9.17) is 4.74 Å². The number of rotatable bonds is 3. The number of fused-ring (bicyclic) bond motifs is 3. The molecular weight excluding hydrogens is 312 g/mol. The van der Waals surface area contributed by atoms with Gasteiger partial charge in [0.1, 0.15) is 0 Å². The molecule has 4 rings (SSSR count). The zero-order chi connectivity index (χ0) is 17.4. The molecule has 4 heteroatoms. The van der Waals surface area contributed by atoms with Gasteiger partial charge in [-0.3, -0.25) is 4.90 Å². The van der Waals surface area contributed by atoms with E-state index in [1.807, 2.05) is 12.2 Å². The lowest BCUT2D eigenvalue weighted by molar-refractivity contribution is -0.135. The fraction of sp³-hybridized carbons (Fsp3) is 0.381. The Morgan fingerprint density at radius 2 is 2.16 bits per heavy atom. The molecule has 2 aromatic rings. The highest BCUT2D eigenvalue weighted by Crippen LogP contribution is 2.33. The van der Waals surface area contributed by atoms with Crippen molar-refractivity contribution < 1.29 is 9.53 Å². The third-order valence-corrected chi connectivity index (χ3v) is 5.38. The number of carbonyl (C=O) groups excluding carboxylic acids is 1. The maximum atomic E-state index is 11.6. The number of hydrogen-bond acceptors (Lipinski definition) is 3. The number of hydrogen-bond donors (Lipinski definition) is 0. The molecule has 25 heavy (non-hydrogen) atoms. The van der Waals surface area contributed by atoms with E-state index in [-0.39, 0.29) is 5.97 Å². The standard InChI is InChI=1S/C21H24N2O2/c1-22-12-11-20-18(17-5-3-4-6-19(17)23(20)14-22)13-15-7-9-16(10-8-15)21(24)25-2/h3-7,9-10,15H,8,11-14H2,1-2H3. The van der Waals surface area contributed by atoms with Crippen molar-refractivity contribution in [1.29, 1.82) is 0 Å². The van der Waals surface area contributed by atoms with Crippen LogP contribution >= 0.6 is 0 Å². The molecular formula is C21H24N2O2. The van der Waals surface area contributed by atoms with E-state index >= 15 is 0 Å². The molecule has 1 aromatic heterocycles. The number of ether oxygens (including phenoxy) is 1. The molecule has 1 aliphatic heterocycles. The normalized spacial score (nSPS) is 20.4. The van der Waals surface area contributed by atoms with Crippen molar-refractivity contribution in [2.75, 3.05) is 20.7 Å². The summed E-state index contributed by atoms with van der Waals surface area (Å²) in [5, 5.41) is 1.38. The molecule has 0 fully saturated rings. The highest BCUT2D eigenvalue weighted by molar-refractivity contribution is 5.91. The highest BCUT2D eigenvalue weighted by Gasteiger charge is 2.23. The molecule has 0 amide bonds. The number of methoxy groups -OCH3 is 1. The first-order chi connectivity index (χ1) is 12.2. The Balaban J connectivity index is 1.64. The van der Waals surface area contributed by atoms with E-state index in [0.29, 0.717) is 11.5 Å². The predicted molar refractivity (Wildman–Crippen MR) is 99.3 cm³/mol. The molecule has 0 saturated heterocycles. The largest absolute Gasteiger partial charge is 0.465 e. The molecule has 1 aromatic carbocycles. The molecule has 0 N–H and O–H groups in total. The van der Waals surface area contributed by atoms with Crippen molar-refractivity contribution in [3.8, 4) is 0 Å². The quantitative estimate of drug-likeness (QED) is 0.807. The summed E-state index contributed by atoms with van der Waals surface area (Å²) >= 11 is 0. The zero-order valence-electron chi connectivity index (χ0n) is 14.9. The summed E-state index contributed by atoms with van der Waals surface area (Å²) in [5.74, 6) is 0.188. The van der Waals surface area contributed by atoms with E-state index in [9.17, 15) is 4.79 Å². The Kier molecular flexibility index (Phi) is 4.22. The second-order valence-corrected chi connectivity index (χ2v) is 7.05. The Morgan fingerprint density at radius 1 is 1.32 bits per heavy atom. The summed E-state index contributed by atoms with van der Waals surface area (Å²) in [7, 11) is 3.61. The van der Waals surface area contributed by atoms with Gasteiger partial charge in [0.15, 0.2) is 0 Å². The number of allylic oxidation sites excluding steroid dienone is 2. The van der Waals surface area contributed by atoms with Crippen molar-refractivity contribution >= 4 is 16.9 Å². The SMILES string of the molecule is COC(=O)C1=CCC(Cc2c3n(c4ccccc24)CN(C)CC3)C=C1. The van der Waals surface area contributed by atoms with Crippen LogP contribution in [-0.2, 0) is 29.0 Å². The smallest absolute Gasteiger partial charge is 0.337 e. The van der Waals surface area contributed by atoms with E-state index in [1.165, 1.54) is 29.3 Å². The first-order valence-corrected chi connectivity index (χ1v) is 8.91. The minimum absolute atomic E-state index is 0.246. The van der Waals surface area contributed by atoms with Crippen molar-refractivity contribution in [1.82, 2.24) is 9.47 Å². The Labute approximate surface area is 148 Å². The fourth-order valence-corrected chi connectivity index (χ4v) is 4.06. The summed E-state index contributed by atoms with van der Waals surface area (Å²) < 4.78 is 7.28. The van der Waals surface area contributed by atoms with E-state index in [0.717, 1.165) is 32.5 Å². The molecule has 1 unspecified atom stereocenters. The maximum absolute atomic E-state index is 11.6. The summed E-state index contributed by atoms with van der Waals surface area (Å²) in [6.07, 6.45) is 9.10. The minimum Gasteiger partial charge on any atom is -0.465 e. The van der Waals surface area contributed by atoms with Gasteiger partial charge in [0, 0.05) is 29.6 Å². The van der Waals surface area contributed by atoms with E-state index in [2.05, 4.69) is 46.9 Å². The van der Waals surface area contributed by atoms with Crippen LogP contribution in [0.1, 0.15) is 17.7 Å². The topological polar surface area (TPSA) is 34.5 Å². The third kappa shape index (κ3) is 2.91. The predicted octanol–water partition coefficient (Wildman–Crippen LogP) is 3.30. The highest BCUT2D eigenvalue weighted by atomic mass is 16.5. The number of likely N-dealkylation sites (N-methyl/N-ethyl adjacent to an activating group) is 1. The average molecular weight is 336 g/mol. The summed E-state index contributed by atoms with van der Waals surface area (Å²) in [4.78, 5) is 14.0. The van der Waals surface area contributed by atoms with Crippen LogP contribution < -0.4 is 0 Å². The third-order valence-electron chi connectivity index (χ3n) is 5.38. The lowest BCUT2D eigenvalue weighted by Gasteiger charge is -2.26. The molecule has 0 bridgehead atoms. The van der Waals surface area contributed by atoms with Gasteiger partial charge < -0.3 is 9.30 Å². The molecule has 130 valence electrons.